The first-order chi connectivity index (χ1) is 7.27. The summed E-state index contributed by atoms with van der Waals surface area (Å²) >= 11 is 0. The van der Waals surface area contributed by atoms with Gasteiger partial charge in [0, 0.05) is 6.92 Å². The van der Waals surface area contributed by atoms with Gasteiger partial charge < -0.3 is 9.47 Å². The molecule has 1 unspecified atom stereocenters. The van der Waals surface area contributed by atoms with Crippen LogP contribution in [0, 0.1) is 0 Å². The van der Waals surface area contributed by atoms with E-state index in [1.807, 2.05) is 30.3 Å². The molecule has 1 amide bonds. The summed E-state index contributed by atoms with van der Waals surface area (Å²) in [6, 6.07) is 9.33. The van der Waals surface area contributed by atoms with Gasteiger partial charge in [0.15, 0.2) is 0 Å². The quantitative estimate of drug-likeness (QED) is 0.732. The van der Waals surface area contributed by atoms with Crippen LogP contribution in [-0.2, 0) is 9.53 Å². The van der Waals surface area contributed by atoms with Gasteiger partial charge in [-0.25, -0.2) is 0 Å². The number of hydrogen-bond donors (Lipinski definition) is 0. The lowest BCUT2D eigenvalue weighted by molar-refractivity contribution is -0.153. The first kappa shape index (κ1) is 9.98. The zero-order valence-electron chi connectivity index (χ0n) is 8.55. The normalized spacial score (nSPS) is 20.3. The zero-order chi connectivity index (χ0) is 10.7. The van der Waals surface area contributed by atoms with Crippen LogP contribution >= 0.6 is 0 Å². The topological polar surface area (TPSA) is 38.8 Å². The third-order valence-corrected chi connectivity index (χ3v) is 2.23. The lowest BCUT2D eigenvalue weighted by Crippen LogP contribution is -2.38. The van der Waals surface area contributed by atoms with Gasteiger partial charge in [-0.2, -0.15) is 0 Å². The molecule has 4 nitrogen and oxygen atoms in total. The molecule has 0 spiro atoms. The Labute approximate surface area is 88.4 Å². The van der Waals surface area contributed by atoms with Crippen molar-refractivity contribution in [2.75, 3.05) is 13.2 Å². The first-order valence-corrected chi connectivity index (χ1v) is 4.88. The highest BCUT2D eigenvalue weighted by atomic mass is 16.7. The van der Waals surface area contributed by atoms with E-state index in [1.54, 1.807) is 4.90 Å². The summed E-state index contributed by atoms with van der Waals surface area (Å²) < 4.78 is 10.8. The van der Waals surface area contributed by atoms with E-state index in [0.29, 0.717) is 18.9 Å². The van der Waals surface area contributed by atoms with Crippen LogP contribution in [0.5, 0.6) is 5.75 Å². The number of amides is 1. The minimum atomic E-state index is -0.579. The van der Waals surface area contributed by atoms with Crippen LogP contribution < -0.4 is 4.74 Å². The number of carbonyl (C=O) groups excluding carboxylic acids is 1. The molecule has 1 aliphatic heterocycles. The average molecular weight is 207 g/mol. The Morgan fingerprint density at radius 2 is 2.20 bits per heavy atom. The highest BCUT2D eigenvalue weighted by molar-refractivity contribution is 5.73. The van der Waals surface area contributed by atoms with Crippen molar-refractivity contribution in [1.82, 2.24) is 4.90 Å². The van der Waals surface area contributed by atoms with Crippen LogP contribution in [0.4, 0.5) is 0 Å². The fourth-order valence-electron chi connectivity index (χ4n) is 1.47. The molecule has 0 bridgehead atoms. The molecule has 1 saturated heterocycles. The molecule has 1 aromatic carbocycles. The summed E-state index contributed by atoms with van der Waals surface area (Å²) in [6.07, 6.45) is -0.579. The van der Waals surface area contributed by atoms with E-state index in [4.69, 9.17) is 9.47 Å². The highest BCUT2D eigenvalue weighted by Crippen LogP contribution is 2.17. The minimum absolute atomic E-state index is 0.0339. The summed E-state index contributed by atoms with van der Waals surface area (Å²) in [5.74, 6) is 0.670. The Bertz CT molecular complexity index is 339. The highest BCUT2D eigenvalue weighted by Gasteiger charge is 2.28. The molecule has 0 N–H and O–H groups in total. The van der Waals surface area contributed by atoms with Crippen molar-refractivity contribution in [1.29, 1.82) is 0 Å². The molecule has 0 radical (unpaired) electrons. The van der Waals surface area contributed by atoms with E-state index in [1.165, 1.54) is 6.92 Å². The predicted molar refractivity (Wildman–Crippen MR) is 54.2 cm³/mol. The molecule has 2 rings (SSSR count). The van der Waals surface area contributed by atoms with E-state index in [9.17, 15) is 4.79 Å². The summed E-state index contributed by atoms with van der Waals surface area (Å²) in [7, 11) is 0. The van der Waals surface area contributed by atoms with Crippen LogP contribution in [0.15, 0.2) is 30.3 Å². The standard InChI is InChI=1S/C11H13NO3/c1-9(13)12-7-8-14-11(12)15-10-5-3-2-4-6-10/h2-6,11H,7-8H2,1H3. The van der Waals surface area contributed by atoms with Gasteiger partial charge in [0.1, 0.15) is 5.75 Å². The van der Waals surface area contributed by atoms with Gasteiger partial charge in [0.25, 0.3) is 6.41 Å². The van der Waals surface area contributed by atoms with E-state index in [2.05, 4.69) is 0 Å². The fraction of sp³-hybridized carbons (Fsp3) is 0.364. The second-order valence-electron chi connectivity index (χ2n) is 3.32. The molecule has 1 heterocycles. The molecular weight excluding hydrogens is 194 g/mol. The van der Waals surface area contributed by atoms with Crippen LogP contribution in [-0.4, -0.2) is 30.4 Å². The van der Waals surface area contributed by atoms with Gasteiger partial charge in [-0.3, -0.25) is 9.69 Å². The number of nitrogens with zero attached hydrogens (tertiary/aromatic N) is 1. The molecule has 1 fully saturated rings. The molecule has 0 saturated carbocycles. The Morgan fingerprint density at radius 1 is 1.47 bits per heavy atom. The molecule has 1 atom stereocenters. The summed E-state index contributed by atoms with van der Waals surface area (Å²) in [6.45, 7) is 2.62. The van der Waals surface area contributed by atoms with E-state index in [0.717, 1.165) is 0 Å². The monoisotopic (exact) mass is 207 g/mol. The summed E-state index contributed by atoms with van der Waals surface area (Å²) in [5, 5.41) is 0. The molecule has 80 valence electrons. The SMILES string of the molecule is CC(=O)N1CCOC1Oc1ccccc1. The van der Waals surface area contributed by atoms with Crippen LogP contribution in [0.2, 0.25) is 0 Å². The number of benzene rings is 1. The zero-order valence-corrected chi connectivity index (χ0v) is 8.55. The number of carbonyl (C=O) groups is 1. The first-order valence-electron chi connectivity index (χ1n) is 4.88. The molecule has 4 heteroatoms. The van der Waals surface area contributed by atoms with Crippen molar-refractivity contribution < 1.29 is 14.3 Å². The molecule has 0 aromatic heterocycles. The third-order valence-electron chi connectivity index (χ3n) is 2.23. The Hall–Kier alpha value is -1.55. The van der Waals surface area contributed by atoms with Crippen molar-refractivity contribution in [2.45, 2.75) is 13.3 Å². The van der Waals surface area contributed by atoms with Crippen molar-refractivity contribution in [3.63, 3.8) is 0 Å². The average Bonchev–Trinajstić information content (AvgIpc) is 2.67. The second-order valence-corrected chi connectivity index (χ2v) is 3.32. The fourth-order valence-corrected chi connectivity index (χ4v) is 1.47. The van der Waals surface area contributed by atoms with Gasteiger partial charge in [-0.05, 0) is 12.1 Å². The van der Waals surface area contributed by atoms with Gasteiger partial charge in [0.2, 0.25) is 5.91 Å². The molecular formula is C11H13NO3. The van der Waals surface area contributed by atoms with Crippen LogP contribution in [0.3, 0.4) is 0 Å². The number of rotatable bonds is 2. The van der Waals surface area contributed by atoms with E-state index < -0.39 is 6.41 Å². The van der Waals surface area contributed by atoms with Crippen LogP contribution in [0.1, 0.15) is 6.92 Å². The van der Waals surface area contributed by atoms with Crippen molar-refractivity contribution in [3.8, 4) is 5.75 Å². The number of para-hydroxylation sites is 1. The number of hydrogen-bond acceptors (Lipinski definition) is 3. The lowest BCUT2D eigenvalue weighted by atomic mass is 10.3. The number of ether oxygens (including phenoxy) is 2. The predicted octanol–water partition coefficient (Wildman–Crippen LogP) is 1.23. The summed E-state index contributed by atoms with van der Waals surface area (Å²) in [4.78, 5) is 12.8. The Kier molecular flexibility index (Phi) is 2.87. The summed E-state index contributed by atoms with van der Waals surface area (Å²) in [5.41, 5.74) is 0. The Balaban J connectivity index is 2.03. The third kappa shape index (κ3) is 2.27. The second kappa shape index (κ2) is 4.31. The smallest absolute Gasteiger partial charge is 0.286 e. The van der Waals surface area contributed by atoms with Crippen LogP contribution in [0.25, 0.3) is 0 Å². The van der Waals surface area contributed by atoms with Crippen molar-refractivity contribution in [2.24, 2.45) is 0 Å². The maximum absolute atomic E-state index is 11.2. The van der Waals surface area contributed by atoms with Gasteiger partial charge in [0.05, 0.1) is 13.2 Å². The molecule has 1 aliphatic rings. The molecule has 15 heavy (non-hydrogen) atoms. The maximum atomic E-state index is 11.2. The molecule has 1 aromatic rings. The van der Waals surface area contributed by atoms with Gasteiger partial charge in [-0.1, -0.05) is 18.2 Å². The maximum Gasteiger partial charge on any atom is 0.286 e. The van der Waals surface area contributed by atoms with Crippen molar-refractivity contribution in [3.05, 3.63) is 30.3 Å². The van der Waals surface area contributed by atoms with Gasteiger partial charge >= 0.3 is 0 Å². The minimum Gasteiger partial charge on any atom is -0.446 e. The lowest BCUT2D eigenvalue weighted by Gasteiger charge is -2.21. The van der Waals surface area contributed by atoms with E-state index >= 15 is 0 Å². The van der Waals surface area contributed by atoms with Gasteiger partial charge in [-0.15, -0.1) is 0 Å². The van der Waals surface area contributed by atoms with Crippen molar-refractivity contribution >= 4 is 5.91 Å². The Morgan fingerprint density at radius 3 is 2.87 bits per heavy atom. The van der Waals surface area contributed by atoms with E-state index in [-0.39, 0.29) is 5.91 Å². The largest absolute Gasteiger partial charge is 0.446 e. The molecule has 0 aliphatic carbocycles.